The lowest BCUT2D eigenvalue weighted by atomic mass is 10.00. The summed E-state index contributed by atoms with van der Waals surface area (Å²) in [5, 5.41) is 17.1. The Hall–Kier alpha value is -0.820. The van der Waals surface area contributed by atoms with Crippen LogP contribution < -0.4 is 5.73 Å². The molecule has 7 heteroatoms. The molecular formula is C5H8F3NO3. The number of primary amides is 1. The number of carbonyl (C=O) groups excluding carboxylic acids is 1. The highest BCUT2D eigenvalue weighted by atomic mass is 19.4. The molecule has 72 valence electrons. The average molecular weight is 187 g/mol. The van der Waals surface area contributed by atoms with Crippen molar-refractivity contribution in [3.05, 3.63) is 0 Å². The lowest BCUT2D eigenvalue weighted by Gasteiger charge is -2.26. The summed E-state index contributed by atoms with van der Waals surface area (Å²) >= 11 is 0. The molecule has 0 saturated heterocycles. The molecular weight excluding hydrogens is 179 g/mol. The number of halogens is 3. The van der Waals surface area contributed by atoms with E-state index in [1.54, 1.807) is 0 Å². The predicted molar refractivity (Wildman–Crippen MR) is 31.6 cm³/mol. The highest BCUT2D eigenvalue weighted by Gasteiger charge is 2.52. The van der Waals surface area contributed by atoms with Crippen molar-refractivity contribution in [3.8, 4) is 0 Å². The topological polar surface area (TPSA) is 83.6 Å². The van der Waals surface area contributed by atoms with E-state index in [-0.39, 0.29) is 0 Å². The molecule has 1 unspecified atom stereocenters. The predicted octanol–water partition coefficient (Wildman–Crippen LogP) is -0.649. The molecule has 0 aliphatic rings. The number of hydrogen-bond acceptors (Lipinski definition) is 3. The number of carbonyl (C=O) groups is 1. The van der Waals surface area contributed by atoms with Crippen LogP contribution in [0.15, 0.2) is 0 Å². The van der Waals surface area contributed by atoms with E-state index in [0.29, 0.717) is 6.92 Å². The smallest absolute Gasteiger partial charge is 0.365 e. The summed E-state index contributed by atoms with van der Waals surface area (Å²) < 4.78 is 35.3. The maximum Gasteiger partial charge on any atom is 0.397 e. The molecule has 0 bridgehead atoms. The summed E-state index contributed by atoms with van der Waals surface area (Å²) in [6.07, 6.45) is -4.88. The van der Waals surface area contributed by atoms with E-state index >= 15 is 0 Å². The second-order valence-electron chi connectivity index (χ2n) is 2.35. The van der Waals surface area contributed by atoms with Crippen molar-refractivity contribution in [2.24, 2.45) is 11.7 Å². The second kappa shape index (κ2) is 2.91. The minimum Gasteiger partial charge on any atom is -0.365 e. The molecule has 4 nitrogen and oxygen atoms in total. The zero-order valence-electron chi connectivity index (χ0n) is 6.09. The maximum atomic E-state index is 11.8. The Kier molecular flexibility index (Phi) is 2.71. The van der Waals surface area contributed by atoms with E-state index in [4.69, 9.17) is 10.2 Å². The molecule has 0 saturated carbocycles. The Labute approximate surface area is 65.8 Å². The van der Waals surface area contributed by atoms with E-state index in [1.807, 2.05) is 0 Å². The molecule has 0 aliphatic heterocycles. The molecule has 0 radical (unpaired) electrons. The number of hydrogen-bond donors (Lipinski definition) is 3. The highest BCUT2D eigenvalue weighted by molar-refractivity contribution is 5.81. The minimum atomic E-state index is -4.88. The number of aliphatic hydroxyl groups is 2. The first kappa shape index (κ1) is 11.2. The first-order valence-electron chi connectivity index (χ1n) is 2.91. The van der Waals surface area contributed by atoms with E-state index in [0.717, 1.165) is 0 Å². The Morgan fingerprint density at radius 3 is 1.83 bits per heavy atom. The van der Waals surface area contributed by atoms with E-state index in [9.17, 15) is 18.0 Å². The third-order valence-corrected chi connectivity index (χ3v) is 1.46. The molecule has 0 aromatic heterocycles. The Morgan fingerprint density at radius 2 is 1.75 bits per heavy atom. The molecule has 0 spiro atoms. The fourth-order valence-corrected chi connectivity index (χ4v) is 0.442. The van der Waals surface area contributed by atoms with Crippen LogP contribution in [0.2, 0.25) is 0 Å². The monoisotopic (exact) mass is 187 g/mol. The van der Waals surface area contributed by atoms with Gasteiger partial charge in [0, 0.05) is 0 Å². The van der Waals surface area contributed by atoms with Crippen LogP contribution in [0.25, 0.3) is 0 Å². The largest absolute Gasteiger partial charge is 0.397 e. The number of nitrogens with two attached hydrogens (primary N) is 1. The van der Waals surface area contributed by atoms with Gasteiger partial charge in [0.1, 0.15) is 5.92 Å². The lowest BCUT2D eigenvalue weighted by molar-refractivity contribution is -0.275. The van der Waals surface area contributed by atoms with Crippen LogP contribution in [0.4, 0.5) is 13.2 Å². The minimum absolute atomic E-state index is 0.449. The van der Waals surface area contributed by atoms with Crippen LogP contribution >= 0.6 is 0 Å². The first-order valence-corrected chi connectivity index (χ1v) is 2.91. The van der Waals surface area contributed by atoms with Crippen molar-refractivity contribution >= 4 is 5.91 Å². The van der Waals surface area contributed by atoms with Gasteiger partial charge in [-0.15, -0.1) is 0 Å². The maximum absolute atomic E-state index is 11.8. The zero-order chi connectivity index (χ0) is 10.2. The molecule has 0 rings (SSSR count). The van der Waals surface area contributed by atoms with Crippen LogP contribution in [-0.4, -0.2) is 28.1 Å². The van der Waals surface area contributed by atoms with Crippen LogP contribution in [0.3, 0.4) is 0 Å². The van der Waals surface area contributed by atoms with Gasteiger partial charge in [-0.3, -0.25) is 4.79 Å². The summed E-state index contributed by atoms with van der Waals surface area (Å²) in [5.41, 5.74) is 4.33. The molecule has 0 aliphatic carbocycles. The highest BCUT2D eigenvalue weighted by Crippen LogP contribution is 2.32. The van der Waals surface area contributed by atoms with Gasteiger partial charge in [-0.2, -0.15) is 13.2 Å². The van der Waals surface area contributed by atoms with Gasteiger partial charge in [0.05, 0.1) is 0 Å². The number of alkyl halides is 3. The molecule has 4 N–H and O–H groups in total. The van der Waals surface area contributed by atoms with Gasteiger partial charge in [0.15, 0.2) is 0 Å². The van der Waals surface area contributed by atoms with Gasteiger partial charge in [-0.25, -0.2) is 0 Å². The Morgan fingerprint density at radius 1 is 1.42 bits per heavy atom. The van der Waals surface area contributed by atoms with Crippen LogP contribution in [0.1, 0.15) is 6.92 Å². The van der Waals surface area contributed by atoms with E-state index in [1.165, 1.54) is 0 Å². The molecule has 0 heterocycles. The first-order chi connectivity index (χ1) is 5.10. The fourth-order valence-electron chi connectivity index (χ4n) is 0.442. The van der Waals surface area contributed by atoms with Crippen molar-refractivity contribution in [1.82, 2.24) is 0 Å². The van der Waals surface area contributed by atoms with Gasteiger partial charge in [-0.1, -0.05) is 0 Å². The van der Waals surface area contributed by atoms with Crippen molar-refractivity contribution in [2.45, 2.75) is 18.9 Å². The lowest BCUT2D eigenvalue weighted by Crippen LogP contribution is -2.53. The summed E-state index contributed by atoms with van der Waals surface area (Å²) in [6, 6.07) is 0. The Balaban J connectivity index is 4.69. The molecule has 1 atom stereocenters. The molecule has 12 heavy (non-hydrogen) atoms. The average Bonchev–Trinajstić information content (AvgIpc) is 1.83. The molecule has 1 amide bonds. The molecule has 0 aromatic rings. The van der Waals surface area contributed by atoms with Gasteiger partial charge < -0.3 is 15.9 Å². The summed E-state index contributed by atoms with van der Waals surface area (Å²) in [4.78, 5) is 10.1. The SMILES string of the molecule is CC(C(F)(F)F)C(O)(O)C(N)=O. The quantitative estimate of drug-likeness (QED) is 0.502. The van der Waals surface area contributed by atoms with Crippen LogP contribution in [-0.2, 0) is 4.79 Å². The fraction of sp³-hybridized carbons (Fsp3) is 0.800. The summed E-state index contributed by atoms with van der Waals surface area (Å²) in [5.74, 6) is -7.98. The summed E-state index contributed by atoms with van der Waals surface area (Å²) in [7, 11) is 0. The van der Waals surface area contributed by atoms with E-state index < -0.39 is 23.8 Å². The van der Waals surface area contributed by atoms with Crippen molar-refractivity contribution in [1.29, 1.82) is 0 Å². The zero-order valence-corrected chi connectivity index (χ0v) is 6.09. The summed E-state index contributed by atoms with van der Waals surface area (Å²) in [6.45, 7) is 0.449. The van der Waals surface area contributed by atoms with Crippen LogP contribution in [0, 0.1) is 5.92 Å². The number of amides is 1. The van der Waals surface area contributed by atoms with Crippen LogP contribution in [0.5, 0.6) is 0 Å². The van der Waals surface area contributed by atoms with Crippen molar-refractivity contribution < 1.29 is 28.2 Å². The molecule has 0 fully saturated rings. The van der Waals surface area contributed by atoms with E-state index in [2.05, 4.69) is 5.73 Å². The van der Waals surface area contributed by atoms with Gasteiger partial charge in [-0.05, 0) is 6.92 Å². The Bertz CT molecular complexity index is 189. The number of rotatable bonds is 2. The normalized spacial score (nSPS) is 15.8. The standard InChI is InChI=1S/C5H8F3NO3/c1-2(5(6,7)8)4(11,12)3(9)10/h2,11-12H,1H3,(H2,9,10). The van der Waals surface area contributed by atoms with Crippen molar-refractivity contribution in [3.63, 3.8) is 0 Å². The van der Waals surface area contributed by atoms with Gasteiger partial charge in [0.2, 0.25) is 0 Å². The third kappa shape index (κ3) is 2.08. The molecule has 0 aromatic carbocycles. The second-order valence-corrected chi connectivity index (χ2v) is 2.35. The van der Waals surface area contributed by atoms with Gasteiger partial charge in [0.25, 0.3) is 11.7 Å². The third-order valence-electron chi connectivity index (χ3n) is 1.46. The van der Waals surface area contributed by atoms with Gasteiger partial charge >= 0.3 is 6.18 Å². The van der Waals surface area contributed by atoms with Crippen molar-refractivity contribution in [2.75, 3.05) is 0 Å².